The van der Waals surface area contributed by atoms with E-state index in [1.165, 1.54) is 0 Å². The number of hydrogen-bond donors (Lipinski definition) is 2. The number of nitrogens with two attached hydrogens (primary N) is 1. The first-order valence-corrected chi connectivity index (χ1v) is 8.07. The largest absolute Gasteiger partial charge is 0.493 e. The van der Waals surface area contributed by atoms with Gasteiger partial charge in [0, 0.05) is 36.7 Å². The molecular weight excluding hydrogens is 290 g/mol. The summed E-state index contributed by atoms with van der Waals surface area (Å²) in [4.78, 5) is 11.4. The second kappa shape index (κ2) is 5.70. The third kappa shape index (κ3) is 2.49. The van der Waals surface area contributed by atoms with Crippen LogP contribution in [0.15, 0.2) is 24.3 Å². The van der Waals surface area contributed by atoms with Crippen molar-refractivity contribution in [2.45, 2.75) is 18.9 Å². The van der Waals surface area contributed by atoms with Gasteiger partial charge < -0.3 is 20.7 Å². The van der Waals surface area contributed by atoms with Gasteiger partial charge >= 0.3 is 0 Å². The molecule has 0 radical (unpaired) electrons. The molecule has 2 aliphatic rings. The number of hydrogen-bond acceptors (Lipinski definition) is 6. The van der Waals surface area contributed by atoms with E-state index in [2.05, 4.69) is 20.2 Å². The van der Waals surface area contributed by atoms with Gasteiger partial charge in [0.15, 0.2) is 0 Å². The summed E-state index contributed by atoms with van der Waals surface area (Å²) in [6.07, 6.45) is 1.91. The number of nitrogens with one attached hydrogen (secondary N) is 1. The zero-order chi connectivity index (χ0) is 15.8. The highest BCUT2D eigenvalue weighted by atomic mass is 16.5. The molecule has 3 N–H and O–H groups in total. The summed E-state index contributed by atoms with van der Waals surface area (Å²) in [7, 11) is 2.01. The maximum atomic E-state index is 6.02. The number of ether oxygens (including phenoxy) is 1. The van der Waals surface area contributed by atoms with Gasteiger partial charge in [0.25, 0.3) is 0 Å². The van der Waals surface area contributed by atoms with Gasteiger partial charge in [0.05, 0.1) is 12.3 Å². The molecule has 0 spiro atoms. The number of rotatable bonds is 2. The molecule has 0 aliphatic carbocycles. The van der Waals surface area contributed by atoms with Crippen LogP contribution in [0.3, 0.4) is 0 Å². The van der Waals surface area contributed by atoms with E-state index in [0.29, 0.717) is 18.6 Å². The Morgan fingerprint density at radius 1 is 1.30 bits per heavy atom. The Morgan fingerprint density at radius 2 is 2.17 bits per heavy atom. The van der Waals surface area contributed by atoms with Crippen LogP contribution < -0.4 is 20.7 Å². The maximum Gasteiger partial charge on any atom is 0.222 e. The van der Waals surface area contributed by atoms with Gasteiger partial charge in [0.1, 0.15) is 11.6 Å². The van der Waals surface area contributed by atoms with E-state index in [-0.39, 0.29) is 0 Å². The highest BCUT2D eigenvalue weighted by Crippen LogP contribution is 2.38. The fourth-order valence-electron chi connectivity index (χ4n) is 3.44. The van der Waals surface area contributed by atoms with Gasteiger partial charge in [-0.25, -0.2) is 4.98 Å². The lowest BCUT2D eigenvalue weighted by Crippen LogP contribution is -2.30. The molecule has 1 atom stereocenters. The number of likely N-dealkylation sites (N-methyl/N-ethyl adjacent to an activating group) is 1. The van der Waals surface area contributed by atoms with E-state index in [1.54, 1.807) is 0 Å². The summed E-state index contributed by atoms with van der Waals surface area (Å²) in [5, 5.41) is 3.35. The predicted molar refractivity (Wildman–Crippen MR) is 90.8 cm³/mol. The Morgan fingerprint density at radius 3 is 3.00 bits per heavy atom. The molecule has 0 unspecified atom stereocenters. The Hall–Kier alpha value is -2.34. The lowest BCUT2D eigenvalue weighted by Gasteiger charge is -2.22. The highest BCUT2D eigenvalue weighted by molar-refractivity contribution is 5.76. The zero-order valence-corrected chi connectivity index (χ0v) is 13.2. The normalized spacial score (nSPS) is 19.7. The second-order valence-corrected chi connectivity index (χ2v) is 6.05. The SMILES string of the molecule is CN[C@@H]1CCN(c2nc(N)nc3c2CCOc2ccccc2-3)C1. The van der Waals surface area contributed by atoms with Crippen molar-refractivity contribution in [1.82, 2.24) is 15.3 Å². The smallest absolute Gasteiger partial charge is 0.222 e. The van der Waals surface area contributed by atoms with Crippen LogP contribution >= 0.6 is 0 Å². The van der Waals surface area contributed by atoms with Crippen molar-refractivity contribution < 1.29 is 4.74 Å². The Kier molecular flexibility index (Phi) is 3.53. The van der Waals surface area contributed by atoms with E-state index in [9.17, 15) is 0 Å². The molecule has 0 saturated carbocycles. The summed E-state index contributed by atoms with van der Waals surface area (Å²) in [6.45, 7) is 2.56. The van der Waals surface area contributed by atoms with Crippen molar-refractivity contribution in [3.8, 4) is 17.0 Å². The molecule has 23 heavy (non-hydrogen) atoms. The Labute approximate surface area is 135 Å². The monoisotopic (exact) mass is 311 g/mol. The van der Waals surface area contributed by atoms with Crippen molar-refractivity contribution in [2.24, 2.45) is 0 Å². The summed E-state index contributed by atoms with van der Waals surface area (Å²) in [5.41, 5.74) is 9.07. The van der Waals surface area contributed by atoms with Gasteiger partial charge in [0.2, 0.25) is 5.95 Å². The molecule has 2 aliphatic heterocycles. The molecule has 2 aromatic rings. The van der Waals surface area contributed by atoms with Crippen LogP contribution in [-0.2, 0) is 6.42 Å². The van der Waals surface area contributed by atoms with Crippen molar-refractivity contribution in [3.63, 3.8) is 0 Å². The fraction of sp³-hybridized carbons (Fsp3) is 0.412. The van der Waals surface area contributed by atoms with Gasteiger partial charge in [-0.2, -0.15) is 4.98 Å². The van der Waals surface area contributed by atoms with Crippen LogP contribution in [0.4, 0.5) is 11.8 Å². The summed E-state index contributed by atoms with van der Waals surface area (Å²) < 4.78 is 5.89. The molecule has 1 aromatic heterocycles. The Bertz CT molecular complexity index is 733. The van der Waals surface area contributed by atoms with E-state index in [1.807, 2.05) is 31.3 Å². The lowest BCUT2D eigenvalue weighted by molar-refractivity contribution is 0.326. The summed E-state index contributed by atoms with van der Waals surface area (Å²) >= 11 is 0. The molecule has 0 amide bonds. The van der Waals surface area contributed by atoms with Crippen molar-refractivity contribution in [2.75, 3.05) is 37.4 Å². The van der Waals surface area contributed by atoms with Gasteiger partial charge in [-0.05, 0) is 25.6 Å². The van der Waals surface area contributed by atoms with Crippen LogP contribution in [0.1, 0.15) is 12.0 Å². The van der Waals surface area contributed by atoms with Crippen LogP contribution in [0, 0.1) is 0 Å². The summed E-state index contributed by atoms with van der Waals surface area (Å²) in [6, 6.07) is 8.50. The van der Waals surface area contributed by atoms with Gasteiger partial charge in [-0.3, -0.25) is 0 Å². The maximum absolute atomic E-state index is 6.02. The number of aromatic nitrogens is 2. The van der Waals surface area contributed by atoms with Gasteiger partial charge in [-0.15, -0.1) is 0 Å². The van der Waals surface area contributed by atoms with Crippen molar-refractivity contribution in [3.05, 3.63) is 29.8 Å². The molecule has 6 heteroatoms. The molecule has 1 fully saturated rings. The second-order valence-electron chi connectivity index (χ2n) is 6.05. The van der Waals surface area contributed by atoms with Crippen molar-refractivity contribution in [1.29, 1.82) is 0 Å². The fourth-order valence-corrected chi connectivity index (χ4v) is 3.44. The first-order chi connectivity index (χ1) is 11.3. The molecule has 1 aromatic carbocycles. The average Bonchev–Trinajstić information content (AvgIpc) is 2.97. The molecule has 4 rings (SSSR count). The van der Waals surface area contributed by atoms with Crippen LogP contribution in [-0.4, -0.2) is 42.8 Å². The standard InChI is InChI=1S/C17H21N5O/c1-19-11-6-8-22(10-11)16-13-7-9-23-14-5-3-2-4-12(14)15(13)20-17(18)21-16/h2-5,11,19H,6-10H2,1H3,(H2,18,20,21)/t11-/m1/s1. The number of anilines is 2. The van der Waals surface area contributed by atoms with E-state index in [0.717, 1.165) is 54.3 Å². The van der Waals surface area contributed by atoms with E-state index >= 15 is 0 Å². The topological polar surface area (TPSA) is 76.3 Å². The van der Waals surface area contributed by atoms with Crippen molar-refractivity contribution >= 4 is 11.8 Å². The molecule has 3 heterocycles. The number of fused-ring (bicyclic) bond motifs is 3. The Balaban J connectivity index is 1.83. The third-order valence-electron chi connectivity index (χ3n) is 4.65. The van der Waals surface area contributed by atoms with Crippen LogP contribution in [0.5, 0.6) is 5.75 Å². The average molecular weight is 311 g/mol. The summed E-state index contributed by atoms with van der Waals surface area (Å²) in [5.74, 6) is 2.15. The molecular formula is C17H21N5O. The van der Waals surface area contributed by atoms with Crippen LogP contribution in [0.25, 0.3) is 11.3 Å². The van der Waals surface area contributed by atoms with Gasteiger partial charge in [-0.1, -0.05) is 12.1 Å². The number of para-hydroxylation sites is 1. The zero-order valence-electron chi connectivity index (χ0n) is 13.2. The quantitative estimate of drug-likeness (QED) is 0.874. The number of nitrogen functional groups attached to an aromatic ring is 1. The third-order valence-corrected chi connectivity index (χ3v) is 4.65. The first kappa shape index (κ1) is 14.3. The van der Waals surface area contributed by atoms with E-state index in [4.69, 9.17) is 10.5 Å². The molecule has 0 bridgehead atoms. The lowest BCUT2D eigenvalue weighted by atomic mass is 10.0. The van der Waals surface area contributed by atoms with E-state index < -0.39 is 0 Å². The molecule has 120 valence electrons. The minimum Gasteiger partial charge on any atom is -0.493 e. The minimum atomic E-state index is 0.323. The molecule has 6 nitrogen and oxygen atoms in total. The molecule has 1 saturated heterocycles. The number of nitrogens with zero attached hydrogens (tertiary/aromatic N) is 3. The predicted octanol–water partition coefficient (Wildman–Crippen LogP) is 1.46. The van der Waals surface area contributed by atoms with Crippen LogP contribution in [0.2, 0.25) is 0 Å². The first-order valence-electron chi connectivity index (χ1n) is 8.07. The highest BCUT2D eigenvalue weighted by Gasteiger charge is 2.28. The number of benzene rings is 1. The minimum absolute atomic E-state index is 0.323.